The van der Waals surface area contributed by atoms with Crippen molar-refractivity contribution in [2.24, 2.45) is 57.2 Å². The number of nitrogens with one attached hydrogen (secondary N) is 1. The summed E-state index contributed by atoms with van der Waals surface area (Å²) in [6.07, 6.45) is 19.3. The minimum Gasteiger partial charge on any atom is -0.469 e. The molecule has 1 unspecified atom stereocenters. The topological polar surface area (TPSA) is 75.7 Å². The molecule has 0 spiro atoms. The van der Waals surface area contributed by atoms with E-state index in [2.05, 4.69) is 70.5 Å². The maximum atomic E-state index is 12.1. The van der Waals surface area contributed by atoms with E-state index in [0.29, 0.717) is 71.4 Å². The summed E-state index contributed by atoms with van der Waals surface area (Å²) in [5.74, 6) is 4.13. The molecule has 10 atom stereocenters. The fourth-order valence-electron chi connectivity index (χ4n) is 14.5. The van der Waals surface area contributed by atoms with Gasteiger partial charge in [0.1, 0.15) is 0 Å². The Hall–Kier alpha value is -1.44. The molecule has 1 saturated heterocycles. The fraction of sp³-hybridized carbons (Fsp3) is 0.837. The average molecular weight is 709 g/mol. The Morgan fingerprint density at radius 3 is 2.40 bits per heavy atom. The van der Waals surface area contributed by atoms with E-state index < -0.39 is 9.84 Å². The molecule has 1 N–H and O–H groups in total. The van der Waals surface area contributed by atoms with Gasteiger partial charge >= 0.3 is 5.97 Å². The van der Waals surface area contributed by atoms with E-state index in [0.717, 1.165) is 31.8 Å². The van der Waals surface area contributed by atoms with Crippen LogP contribution >= 0.6 is 0 Å². The van der Waals surface area contributed by atoms with Gasteiger partial charge in [0, 0.05) is 31.7 Å². The SMILES string of the molecule is C=C(C)[C@@H]1CC[C@]2(NCCN3CCS(=O)(=O)CC3)CC[C@]3(C)[C@H](CC[C@@H]4[C@@]5(C)CC=C(C6=CC(CC(=O)OC)CC6)C(C)(C)[C@@H]5CC[C@]43C)[C@@H]12. The van der Waals surface area contributed by atoms with Gasteiger partial charge in [-0.2, -0.15) is 0 Å². The van der Waals surface area contributed by atoms with Crippen molar-refractivity contribution >= 4 is 15.8 Å². The minimum atomic E-state index is -2.85. The minimum absolute atomic E-state index is 0.0903. The largest absolute Gasteiger partial charge is 0.469 e. The molecule has 1 heterocycles. The lowest BCUT2D eigenvalue weighted by Gasteiger charge is -2.72. The Balaban J connectivity index is 1.12. The Kier molecular flexibility index (Phi) is 9.49. The molecule has 4 saturated carbocycles. The van der Waals surface area contributed by atoms with Gasteiger partial charge in [0.25, 0.3) is 0 Å². The number of esters is 1. The number of ether oxygens (including phenoxy) is 1. The predicted octanol–water partition coefficient (Wildman–Crippen LogP) is 8.15. The molecule has 7 aliphatic rings. The molecule has 0 radical (unpaired) electrons. The van der Waals surface area contributed by atoms with Crippen LogP contribution in [0.5, 0.6) is 0 Å². The van der Waals surface area contributed by atoms with Crippen molar-refractivity contribution in [1.82, 2.24) is 10.2 Å². The molecule has 0 aromatic carbocycles. The third kappa shape index (κ3) is 5.76. The monoisotopic (exact) mass is 708 g/mol. The number of methoxy groups -OCH3 is 1. The molecule has 5 fully saturated rings. The number of sulfone groups is 1. The van der Waals surface area contributed by atoms with Crippen LogP contribution in [0.4, 0.5) is 0 Å². The van der Waals surface area contributed by atoms with Crippen LogP contribution in [0.2, 0.25) is 0 Å². The van der Waals surface area contributed by atoms with Gasteiger partial charge in [-0.25, -0.2) is 8.42 Å². The molecule has 50 heavy (non-hydrogen) atoms. The lowest BCUT2D eigenvalue weighted by atomic mass is 9.33. The van der Waals surface area contributed by atoms with Crippen molar-refractivity contribution in [1.29, 1.82) is 0 Å². The third-order valence-corrected chi connectivity index (χ3v) is 18.8. The number of carbonyl (C=O) groups excluding carboxylic acids is 1. The Bertz CT molecular complexity index is 1530. The highest BCUT2D eigenvalue weighted by molar-refractivity contribution is 7.91. The lowest BCUT2D eigenvalue weighted by molar-refractivity contribution is -0.221. The molecule has 7 rings (SSSR count). The van der Waals surface area contributed by atoms with Crippen molar-refractivity contribution < 1.29 is 17.9 Å². The van der Waals surface area contributed by atoms with Crippen LogP contribution in [0.1, 0.15) is 119 Å². The number of nitrogens with zero attached hydrogens (tertiary/aromatic N) is 1. The Morgan fingerprint density at radius 1 is 0.960 bits per heavy atom. The summed E-state index contributed by atoms with van der Waals surface area (Å²) in [4.78, 5) is 14.4. The van der Waals surface area contributed by atoms with Gasteiger partial charge in [-0.3, -0.25) is 4.79 Å². The zero-order valence-corrected chi connectivity index (χ0v) is 33.4. The first-order chi connectivity index (χ1) is 23.5. The molecule has 7 heteroatoms. The Morgan fingerprint density at radius 2 is 1.70 bits per heavy atom. The van der Waals surface area contributed by atoms with Gasteiger partial charge in [0.15, 0.2) is 9.84 Å². The van der Waals surface area contributed by atoms with E-state index in [1.165, 1.54) is 76.0 Å². The fourth-order valence-corrected chi connectivity index (χ4v) is 15.8. The number of hydrogen-bond donors (Lipinski definition) is 1. The van der Waals surface area contributed by atoms with E-state index >= 15 is 0 Å². The van der Waals surface area contributed by atoms with Gasteiger partial charge in [0.05, 0.1) is 25.0 Å². The molecule has 1 aliphatic heterocycles. The zero-order valence-electron chi connectivity index (χ0n) is 32.5. The highest BCUT2D eigenvalue weighted by Gasteiger charge is 2.70. The van der Waals surface area contributed by atoms with Crippen molar-refractivity contribution in [3.8, 4) is 0 Å². The third-order valence-electron chi connectivity index (χ3n) is 17.2. The zero-order chi connectivity index (χ0) is 35.9. The molecule has 0 amide bonds. The quantitative estimate of drug-likeness (QED) is 0.203. The first-order valence-electron chi connectivity index (χ1n) is 20.3. The molecule has 0 aromatic rings. The highest BCUT2D eigenvalue weighted by Crippen LogP contribution is 2.76. The van der Waals surface area contributed by atoms with Crippen molar-refractivity contribution in [3.05, 3.63) is 35.5 Å². The summed E-state index contributed by atoms with van der Waals surface area (Å²) in [7, 11) is -1.35. The Labute approximate surface area is 304 Å². The maximum absolute atomic E-state index is 12.1. The van der Waals surface area contributed by atoms with Crippen LogP contribution in [0, 0.1) is 57.2 Å². The van der Waals surface area contributed by atoms with Crippen LogP contribution in [0.15, 0.2) is 35.5 Å². The summed E-state index contributed by atoms with van der Waals surface area (Å²) < 4.78 is 29.1. The first kappa shape index (κ1) is 36.9. The van der Waals surface area contributed by atoms with Crippen LogP contribution in [0.25, 0.3) is 0 Å². The summed E-state index contributed by atoms with van der Waals surface area (Å²) in [6, 6.07) is 0. The van der Waals surface area contributed by atoms with Crippen LogP contribution in [0.3, 0.4) is 0 Å². The van der Waals surface area contributed by atoms with Gasteiger partial charge in [-0.1, -0.05) is 58.9 Å². The maximum Gasteiger partial charge on any atom is 0.306 e. The van der Waals surface area contributed by atoms with Crippen molar-refractivity contribution in [2.75, 3.05) is 44.8 Å². The molecular formula is C43H68N2O4S. The summed E-state index contributed by atoms with van der Waals surface area (Å²) >= 11 is 0. The smallest absolute Gasteiger partial charge is 0.306 e. The number of carbonyl (C=O) groups is 1. The highest BCUT2D eigenvalue weighted by atomic mass is 32.2. The van der Waals surface area contributed by atoms with Crippen LogP contribution in [-0.2, 0) is 19.4 Å². The normalized spacial score (nSPS) is 44.9. The first-order valence-corrected chi connectivity index (χ1v) is 22.1. The molecule has 6 aliphatic carbocycles. The van der Waals surface area contributed by atoms with Crippen molar-refractivity contribution in [2.45, 2.75) is 124 Å². The van der Waals surface area contributed by atoms with Gasteiger partial charge in [-0.05, 0) is 146 Å². The van der Waals surface area contributed by atoms with Gasteiger partial charge < -0.3 is 15.0 Å². The number of fused-ring (bicyclic) bond motifs is 7. The van der Waals surface area contributed by atoms with E-state index in [9.17, 15) is 13.2 Å². The standard InChI is InChI=1S/C43H68N2O4S/c1-29(2)32-13-18-43(44-21-22-45-23-25-50(47,48)26-24-45)20-19-41(6)34(38(32)43)11-12-36-40(5)16-14-33(31-10-9-30(27-31)28-37(46)49-8)39(3,4)35(40)15-17-42(36,41)7/h14,27,30,32,34-36,38,44H,1,9-13,15-26,28H2,2-8H3/t30?,32-,34+,35-,36+,38+,40-,41+,42+,43-/m0/s1. The van der Waals surface area contributed by atoms with E-state index in [4.69, 9.17) is 4.74 Å². The summed E-state index contributed by atoms with van der Waals surface area (Å²) in [5, 5.41) is 4.23. The lowest BCUT2D eigenvalue weighted by Crippen LogP contribution is -2.68. The number of hydrogen-bond acceptors (Lipinski definition) is 6. The van der Waals surface area contributed by atoms with Gasteiger partial charge in [0.2, 0.25) is 0 Å². The van der Waals surface area contributed by atoms with E-state index in [1.807, 2.05) is 0 Å². The van der Waals surface area contributed by atoms with Crippen molar-refractivity contribution in [3.63, 3.8) is 0 Å². The van der Waals surface area contributed by atoms with Gasteiger partial charge in [-0.15, -0.1) is 0 Å². The predicted molar refractivity (Wildman–Crippen MR) is 203 cm³/mol. The molecule has 0 aromatic heterocycles. The average Bonchev–Trinajstić information content (AvgIpc) is 3.67. The number of rotatable bonds is 8. The van der Waals surface area contributed by atoms with Crippen LogP contribution in [-0.4, -0.2) is 69.6 Å². The summed E-state index contributed by atoms with van der Waals surface area (Å²) in [5.41, 5.74) is 5.67. The van der Waals surface area contributed by atoms with E-state index in [1.54, 1.807) is 5.57 Å². The summed E-state index contributed by atoms with van der Waals surface area (Å²) in [6.45, 7) is 23.4. The molecule has 6 nitrogen and oxygen atoms in total. The molecular weight excluding hydrogens is 641 g/mol. The van der Waals surface area contributed by atoms with E-state index in [-0.39, 0.29) is 22.3 Å². The molecule has 0 bridgehead atoms. The second-order valence-electron chi connectivity index (χ2n) is 19.6. The number of allylic oxidation sites excluding steroid dienone is 5. The van der Waals surface area contributed by atoms with Crippen LogP contribution < -0.4 is 5.32 Å². The molecule has 280 valence electrons. The second kappa shape index (κ2) is 12.9. The second-order valence-corrected chi connectivity index (χ2v) is 21.9.